The topological polar surface area (TPSA) is 0 Å². The molecule has 0 unspecified atom stereocenters. The molecular formula is C30H32BrP. The van der Waals surface area contributed by atoms with Gasteiger partial charge in [0.15, 0.2) is 0 Å². The molecule has 0 atom stereocenters. The summed E-state index contributed by atoms with van der Waals surface area (Å²) < 4.78 is 0. The van der Waals surface area contributed by atoms with Gasteiger partial charge >= 0.3 is 202 Å². The van der Waals surface area contributed by atoms with Crippen LogP contribution in [0.2, 0.25) is 0 Å². The second-order valence-corrected chi connectivity index (χ2v) is 17.6. The molecule has 0 radical (unpaired) electrons. The summed E-state index contributed by atoms with van der Waals surface area (Å²) in [4.78, 5) is 0. The van der Waals surface area contributed by atoms with Gasteiger partial charge in [-0.25, -0.2) is 0 Å². The van der Waals surface area contributed by atoms with Crippen LogP contribution < -0.4 is 15.9 Å². The van der Waals surface area contributed by atoms with Crippen LogP contribution in [0.1, 0.15) is 30.9 Å². The minimum atomic E-state index is -2.80. The van der Waals surface area contributed by atoms with Crippen molar-refractivity contribution in [1.82, 2.24) is 0 Å². The Balaban J connectivity index is 1.75. The SMILES string of the molecule is CCCc1ccc(CCCP(Br)(c2ccccc2)(c2ccccc2)c2ccccc2)cc1. The van der Waals surface area contributed by atoms with E-state index in [1.165, 1.54) is 33.5 Å². The molecule has 0 fully saturated rings. The minimum absolute atomic E-state index is 1.08. The van der Waals surface area contributed by atoms with Crippen LogP contribution in [-0.2, 0) is 12.8 Å². The summed E-state index contributed by atoms with van der Waals surface area (Å²) in [7, 11) is 0. The van der Waals surface area contributed by atoms with E-state index in [1.54, 1.807) is 0 Å². The normalized spacial score (nSPS) is 12.8. The van der Waals surface area contributed by atoms with Gasteiger partial charge in [-0.2, -0.15) is 0 Å². The maximum atomic E-state index is 4.55. The standard InChI is InChI=1S/C30H32BrP/c1-2-13-26-21-23-27(24-22-26)14-12-25-32(31,28-15-6-3-7-16-28,29-17-8-4-9-18-29)30-19-10-5-11-20-30/h3-11,15-24H,2,12-14,25H2,1H3. The molecule has 4 rings (SSSR count). The molecule has 0 bridgehead atoms. The van der Waals surface area contributed by atoms with Gasteiger partial charge in [-0.1, -0.05) is 0 Å². The van der Waals surface area contributed by atoms with Crippen LogP contribution in [0, 0.1) is 0 Å². The summed E-state index contributed by atoms with van der Waals surface area (Å²) in [5.41, 5.74) is 2.87. The third kappa shape index (κ3) is 4.47. The molecular weight excluding hydrogens is 471 g/mol. The Morgan fingerprint density at radius 3 is 1.28 bits per heavy atom. The van der Waals surface area contributed by atoms with Gasteiger partial charge in [0.05, 0.1) is 0 Å². The quantitative estimate of drug-likeness (QED) is 0.209. The van der Waals surface area contributed by atoms with Crippen molar-refractivity contribution in [1.29, 1.82) is 0 Å². The predicted molar refractivity (Wildman–Crippen MR) is 148 cm³/mol. The summed E-state index contributed by atoms with van der Waals surface area (Å²) in [5, 5.41) is 1.39. The van der Waals surface area contributed by atoms with Crippen molar-refractivity contribution in [3.63, 3.8) is 0 Å². The van der Waals surface area contributed by atoms with Crippen molar-refractivity contribution in [2.75, 3.05) is 6.16 Å². The molecule has 32 heavy (non-hydrogen) atoms. The van der Waals surface area contributed by atoms with Crippen molar-refractivity contribution in [3.05, 3.63) is 126 Å². The van der Waals surface area contributed by atoms with Crippen LogP contribution >= 0.6 is 20.8 Å². The number of rotatable bonds is 9. The first-order chi connectivity index (χ1) is 15.6. The van der Waals surface area contributed by atoms with Gasteiger partial charge in [0.1, 0.15) is 0 Å². The molecule has 164 valence electrons. The number of hydrogen-bond donors (Lipinski definition) is 0. The van der Waals surface area contributed by atoms with Crippen molar-refractivity contribution in [2.45, 2.75) is 32.6 Å². The van der Waals surface area contributed by atoms with Crippen LogP contribution in [0.25, 0.3) is 0 Å². The molecule has 4 aromatic rings. The zero-order chi connectivity index (χ0) is 22.3. The van der Waals surface area contributed by atoms with Crippen LogP contribution in [-0.4, -0.2) is 6.16 Å². The molecule has 0 nitrogen and oxygen atoms in total. The second kappa shape index (κ2) is 10.2. The van der Waals surface area contributed by atoms with Crippen molar-refractivity contribution >= 4 is 36.7 Å². The molecule has 0 saturated heterocycles. The van der Waals surface area contributed by atoms with E-state index in [2.05, 4.69) is 138 Å². The monoisotopic (exact) mass is 502 g/mol. The Bertz CT molecular complexity index is 1010. The fourth-order valence-electron chi connectivity index (χ4n) is 4.79. The van der Waals surface area contributed by atoms with E-state index >= 15 is 0 Å². The maximum absolute atomic E-state index is 4.55. The molecule has 0 aromatic heterocycles. The number of hydrogen-bond acceptors (Lipinski definition) is 0. The molecule has 0 spiro atoms. The van der Waals surface area contributed by atoms with Crippen LogP contribution in [0.3, 0.4) is 0 Å². The zero-order valence-electron chi connectivity index (χ0n) is 18.8. The van der Waals surface area contributed by atoms with Crippen LogP contribution in [0.4, 0.5) is 0 Å². The van der Waals surface area contributed by atoms with E-state index in [0.29, 0.717) is 0 Å². The number of benzene rings is 4. The average Bonchev–Trinajstić information content (AvgIpc) is 2.87. The molecule has 0 heterocycles. The van der Waals surface area contributed by atoms with Gasteiger partial charge in [-0.15, -0.1) is 0 Å². The Morgan fingerprint density at radius 1 is 0.531 bits per heavy atom. The van der Waals surface area contributed by atoms with Crippen molar-refractivity contribution < 1.29 is 0 Å². The molecule has 0 N–H and O–H groups in total. The van der Waals surface area contributed by atoms with E-state index in [1.807, 2.05) is 0 Å². The van der Waals surface area contributed by atoms with E-state index in [4.69, 9.17) is 0 Å². The molecule has 4 aromatic carbocycles. The predicted octanol–water partition coefficient (Wildman–Crippen LogP) is 7.41. The third-order valence-electron chi connectivity index (χ3n) is 6.49. The zero-order valence-corrected chi connectivity index (χ0v) is 21.3. The molecule has 0 amide bonds. The van der Waals surface area contributed by atoms with Gasteiger partial charge in [-0.05, 0) is 0 Å². The second-order valence-electron chi connectivity index (χ2n) is 8.58. The molecule has 2 heteroatoms. The van der Waals surface area contributed by atoms with E-state index in [-0.39, 0.29) is 0 Å². The van der Waals surface area contributed by atoms with Gasteiger partial charge in [-0.3, -0.25) is 0 Å². The average molecular weight is 503 g/mol. The van der Waals surface area contributed by atoms with Gasteiger partial charge in [0.25, 0.3) is 0 Å². The molecule has 0 aliphatic rings. The third-order valence-corrected chi connectivity index (χ3v) is 16.5. The summed E-state index contributed by atoms with van der Waals surface area (Å²) in [6, 6.07) is 42.5. The number of halogens is 1. The fourth-order valence-corrected chi connectivity index (χ4v) is 12.5. The summed E-state index contributed by atoms with van der Waals surface area (Å²) in [6.07, 6.45) is 5.65. The number of aryl methyl sites for hydroxylation is 2. The molecule has 0 aliphatic carbocycles. The molecule has 0 aliphatic heterocycles. The van der Waals surface area contributed by atoms with Gasteiger partial charge < -0.3 is 0 Å². The van der Waals surface area contributed by atoms with E-state index in [9.17, 15) is 0 Å². The van der Waals surface area contributed by atoms with Crippen molar-refractivity contribution in [2.24, 2.45) is 0 Å². The van der Waals surface area contributed by atoms with Gasteiger partial charge in [0.2, 0.25) is 0 Å². The van der Waals surface area contributed by atoms with E-state index < -0.39 is 5.31 Å². The Kier molecular flexibility index (Phi) is 7.29. The summed E-state index contributed by atoms with van der Waals surface area (Å²) in [6.45, 7) is 2.24. The summed E-state index contributed by atoms with van der Waals surface area (Å²) in [5.74, 6) is 0. The Hall–Kier alpha value is -2.21. The first kappa shape index (κ1) is 23.0. The Morgan fingerprint density at radius 2 is 0.906 bits per heavy atom. The van der Waals surface area contributed by atoms with Crippen LogP contribution in [0.5, 0.6) is 0 Å². The first-order valence-electron chi connectivity index (χ1n) is 11.6. The van der Waals surface area contributed by atoms with Crippen molar-refractivity contribution in [3.8, 4) is 0 Å². The first-order valence-corrected chi connectivity index (χ1v) is 16.1. The summed E-state index contributed by atoms with van der Waals surface area (Å²) >= 11 is 4.55. The Labute approximate surface area is 201 Å². The van der Waals surface area contributed by atoms with Crippen LogP contribution in [0.15, 0.2) is 115 Å². The molecule has 0 saturated carbocycles. The van der Waals surface area contributed by atoms with E-state index in [0.717, 1.165) is 25.4 Å². The van der Waals surface area contributed by atoms with Gasteiger partial charge in [0, 0.05) is 0 Å². The fraction of sp³-hybridized carbons (Fsp3) is 0.200.